The third kappa shape index (κ3) is 2.28. The van der Waals surface area contributed by atoms with E-state index < -0.39 is 5.56 Å². The number of carbonyl (C=O) groups is 2. The van der Waals surface area contributed by atoms with E-state index >= 15 is 0 Å². The van der Waals surface area contributed by atoms with Gasteiger partial charge < -0.3 is 14.8 Å². The summed E-state index contributed by atoms with van der Waals surface area (Å²) in [5.74, 6) is -0.335. The van der Waals surface area contributed by atoms with Crippen LogP contribution in [0.3, 0.4) is 0 Å². The molecule has 0 spiro atoms. The molecule has 7 nitrogen and oxygen atoms in total. The molecule has 4 rings (SSSR count). The van der Waals surface area contributed by atoms with Crippen LogP contribution in [0.4, 0.5) is 0 Å². The molecule has 2 bridgehead atoms. The molecule has 3 heterocycles. The molecule has 0 unspecified atom stereocenters. The van der Waals surface area contributed by atoms with Crippen molar-refractivity contribution in [1.29, 1.82) is 0 Å². The van der Waals surface area contributed by atoms with E-state index in [0.717, 1.165) is 12.8 Å². The van der Waals surface area contributed by atoms with Gasteiger partial charge in [0.05, 0.1) is 17.1 Å². The number of nitrogens with one attached hydrogen (secondary N) is 1. The van der Waals surface area contributed by atoms with Crippen LogP contribution in [0.15, 0.2) is 29.1 Å². The van der Waals surface area contributed by atoms with Crippen molar-refractivity contribution in [1.82, 2.24) is 19.8 Å². The minimum absolute atomic E-state index is 0.0420. The smallest absolute Gasteiger partial charge is 0.280 e. The number of nitrogens with zero attached hydrogens (tertiary/aromatic N) is 3. The Morgan fingerprint density at radius 2 is 1.96 bits per heavy atom. The molecule has 7 heteroatoms. The molecular formula is C17H18N4O3. The van der Waals surface area contributed by atoms with Crippen molar-refractivity contribution in [2.45, 2.75) is 31.3 Å². The van der Waals surface area contributed by atoms with Crippen molar-refractivity contribution in [2.24, 2.45) is 0 Å². The summed E-state index contributed by atoms with van der Waals surface area (Å²) in [5, 5.41) is 0. The normalized spacial score (nSPS) is 23.6. The lowest BCUT2D eigenvalue weighted by Crippen LogP contribution is -2.45. The van der Waals surface area contributed by atoms with E-state index in [9.17, 15) is 14.4 Å². The number of hydrogen-bond donors (Lipinski definition) is 1. The SMILES string of the molecule is CN1C[C@@H]2CC[C@H](CC1=O)N2C(=O)c1nc2ccccc2[nH]c1=O. The molecule has 1 N–H and O–H groups in total. The van der Waals surface area contributed by atoms with E-state index in [4.69, 9.17) is 0 Å². The number of H-pyrrole nitrogens is 1. The van der Waals surface area contributed by atoms with E-state index in [-0.39, 0.29) is 29.6 Å². The van der Waals surface area contributed by atoms with Crippen LogP contribution in [0.5, 0.6) is 0 Å². The largest absolute Gasteiger partial charge is 0.344 e. The first-order valence-electron chi connectivity index (χ1n) is 8.10. The van der Waals surface area contributed by atoms with Gasteiger partial charge in [0.1, 0.15) is 0 Å². The number of likely N-dealkylation sites (N-methyl/N-ethyl adjacent to an activating group) is 1. The van der Waals surface area contributed by atoms with Gasteiger partial charge in [-0.2, -0.15) is 0 Å². The van der Waals surface area contributed by atoms with E-state index in [1.807, 2.05) is 6.07 Å². The first kappa shape index (κ1) is 14.9. The zero-order valence-corrected chi connectivity index (χ0v) is 13.4. The Kier molecular flexibility index (Phi) is 3.37. The minimum atomic E-state index is -0.484. The molecule has 124 valence electrons. The fraction of sp³-hybridized carbons (Fsp3) is 0.412. The summed E-state index contributed by atoms with van der Waals surface area (Å²) in [5.41, 5.74) is 0.605. The third-order valence-corrected chi connectivity index (χ3v) is 4.98. The minimum Gasteiger partial charge on any atom is -0.344 e. The second-order valence-corrected chi connectivity index (χ2v) is 6.51. The maximum Gasteiger partial charge on any atom is 0.280 e. The Morgan fingerprint density at radius 1 is 1.21 bits per heavy atom. The molecular weight excluding hydrogens is 308 g/mol. The fourth-order valence-electron chi connectivity index (χ4n) is 3.74. The second-order valence-electron chi connectivity index (χ2n) is 6.51. The van der Waals surface area contributed by atoms with Crippen LogP contribution < -0.4 is 5.56 Å². The molecule has 0 aliphatic carbocycles. The highest BCUT2D eigenvalue weighted by atomic mass is 16.2. The van der Waals surface area contributed by atoms with Crippen LogP contribution in [0.2, 0.25) is 0 Å². The highest BCUT2D eigenvalue weighted by Crippen LogP contribution is 2.31. The van der Waals surface area contributed by atoms with Gasteiger partial charge in [-0.05, 0) is 25.0 Å². The average molecular weight is 326 g/mol. The summed E-state index contributed by atoms with van der Waals surface area (Å²) in [7, 11) is 1.76. The molecule has 2 atom stereocenters. The standard InChI is InChI=1S/C17H18N4O3/c1-20-9-11-7-6-10(8-14(20)22)21(11)17(24)15-16(23)19-13-5-3-2-4-12(13)18-15/h2-5,10-11H,6-9H2,1H3,(H,19,23)/t10-,11+/m1/s1. The first-order valence-corrected chi connectivity index (χ1v) is 8.10. The zero-order valence-electron chi connectivity index (χ0n) is 13.4. The number of para-hydroxylation sites is 2. The number of carbonyl (C=O) groups excluding carboxylic acids is 2. The predicted molar refractivity (Wildman–Crippen MR) is 87.6 cm³/mol. The van der Waals surface area contributed by atoms with Crippen molar-refractivity contribution in [3.8, 4) is 0 Å². The summed E-state index contributed by atoms with van der Waals surface area (Å²) in [6.07, 6.45) is 1.95. The van der Waals surface area contributed by atoms with Gasteiger partial charge in [0.25, 0.3) is 11.5 Å². The van der Waals surface area contributed by atoms with Crippen molar-refractivity contribution in [3.63, 3.8) is 0 Å². The molecule has 2 aliphatic heterocycles. The Bertz CT molecular complexity index is 891. The van der Waals surface area contributed by atoms with Crippen molar-refractivity contribution in [3.05, 3.63) is 40.3 Å². The molecule has 1 aromatic carbocycles. The van der Waals surface area contributed by atoms with Crippen LogP contribution in [-0.2, 0) is 4.79 Å². The Labute approximate surface area is 138 Å². The molecule has 2 amide bonds. The van der Waals surface area contributed by atoms with Crippen molar-refractivity contribution >= 4 is 22.8 Å². The van der Waals surface area contributed by atoms with E-state index in [2.05, 4.69) is 9.97 Å². The Balaban J connectivity index is 1.75. The van der Waals surface area contributed by atoms with Gasteiger partial charge in [0.2, 0.25) is 5.91 Å². The number of aromatic nitrogens is 2. The molecule has 2 aromatic rings. The monoisotopic (exact) mass is 326 g/mol. The van der Waals surface area contributed by atoms with Crippen molar-refractivity contribution in [2.75, 3.05) is 13.6 Å². The van der Waals surface area contributed by atoms with Gasteiger partial charge in [0, 0.05) is 26.1 Å². The van der Waals surface area contributed by atoms with Crippen LogP contribution in [-0.4, -0.2) is 57.3 Å². The molecule has 2 saturated heterocycles. The number of hydrogen-bond acceptors (Lipinski definition) is 4. The summed E-state index contributed by atoms with van der Waals surface area (Å²) in [6, 6.07) is 6.93. The van der Waals surface area contributed by atoms with Gasteiger partial charge in [-0.25, -0.2) is 4.98 Å². The molecule has 1 aromatic heterocycles. The molecule has 24 heavy (non-hydrogen) atoms. The Hall–Kier alpha value is -2.70. The lowest BCUT2D eigenvalue weighted by atomic mass is 10.1. The number of amides is 2. The van der Waals surface area contributed by atoms with Gasteiger partial charge >= 0.3 is 0 Å². The summed E-state index contributed by atoms with van der Waals surface area (Å²) < 4.78 is 0. The van der Waals surface area contributed by atoms with Gasteiger partial charge in [-0.1, -0.05) is 12.1 Å². The van der Waals surface area contributed by atoms with Gasteiger partial charge in [0.15, 0.2) is 5.69 Å². The molecule has 2 fully saturated rings. The second kappa shape index (κ2) is 5.43. The fourth-order valence-corrected chi connectivity index (χ4v) is 3.74. The zero-order chi connectivity index (χ0) is 16.8. The third-order valence-electron chi connectivity index (χ3n) is 4.98. The lowest BCUT2D eigenvalue weighted by molar-refractivity contribution is -0.130. The van der Waals surface area contributed by atoms with Crippen LogP contribution >= 0.6 is 0 Å². The number of rotatable bonds is 1. The van der Waals surface area contributed by atoms with E-state index in [0.29, 0.717) is 24.0 Å². The first-order chi connectivity index (χ1) is 11.5. The molecule has 0 radical (unpaired) electrons. The number of aromatic amines is 1. The summed E-state index contributed by atoms with van der Waals surface area (Å²) in [6.45, 7) is 0.507. The Morgan fingerprint density at radius 3 is 2.79 bits per heavy atom. The number of benzene rings is 1. The van der Waals surface area contributed by atoms with Crippen molar-refractivity contribution < 1.29 is 9.59 Å². The molecule has 0 saturated carbocycles. The van der Waals surface area contributed by atoms with Gasteiger partial charge in [-0.15, -0.1) is 0 Å². The number of fused-ring (bicyclic) bond motifs is 3. The average Bonchev–Trinajstić information content (AvgIpc) is 2.89. The lowest BCUT2D eigenvalue weighted by Gasteiger charge is -2.27. The topological polar surface area (TPSA) is 86.4 Å². The predicted octanol–water partition coefficient (Wildman–Crippen LogP) is 0.758. The van der Waals surface area contributed by atoms with Crippen LogP contribution in [0, 0.1) is 0 Å². The van der Waals surface area contributed by atoms with Gasteiger partial charge in [-0.3, -0.25) is 14.4 Å². The maximum atomic E-state index is 13.0. The molecule has 2 aliphatic rings. The van der Waals surface area contributed by atoms with Crippen LogP contribution in [0.25, 0.3) is 11.0 Å². The van der Waals surface area contributed by atoms with E-state index in [1.54, 1.807) is 35.0 Å². The summed E-state index contributed by atoms with van der Waals surface area (Å²) in [4.78, 5) is 47.8. The van der Waals surface area contributed by atoms with Crippen LogP contribution in [0.1, 0.15) is 29.8 Å². The quantitative estimate of drug-likeness (QED) is 0.838. The number of likely N-dealkylation sites (tertiary alicyclic amines) is 1. The van der Waals surface area contributed by atoms with E-state index in [1.165, 1.54) is 0 Å². The summed E-state index contributed by atoms with van der Waals surface area (Å²) >= 11 is 0. The highest BCUT2D eigenvalue weighted by molar-refractivity contribution is 5.95. The maximum absolute atomic E-state index is 13.0. The highest BCUT2D eigenvalue weighted by Gasteiger charge is 2.43.